The lowest BCUT2D eigenvalue weighted by Crippen LogP contribution is -2.35. The molecule has 1 amide bonds. The standard InChI is InChI=1S/C20H18N4O4/c25-15-3-1-2-13(8-15)17-9-12(4-6-21-17)14-5-7-24(11-14)19(27)16-10-22-20(28)23-18(16)26/h1-4,6,8-10,14,25H,5,7,11H2,(H2,22,23,26,28). The van der Waals surface area contributed by atoms with E-state index in [1.165, 1.54) is 0 Å². The summed E-state index contributed by atoms with van der Waals surface area (Å²) < 4.78 is 0. The summed E-state index contributed by atoms with van der Waals surface area (Å²) in [5.74, 6) is -0.111. The lowest BCUT2D eigenvalue weighted by molar-refractivity contribution is 0.0788. The number of carbonyl (C=O) groups is 1. The number of benzene rings is 1. The van der Waals surface area contributed by atoms with Gasteiger partial charge < -0.3 is 15.0 Å². The van der Waals surface area contributed by atoms with Crippen LogP contribution in [0.25, 0.3) is 11.3 Å². The normalized spacial score (nSPS) is 16.3. The maximum atomic E-state index is 12.6. The molecule has 1 aliphatic heterocycles. The molecule has 2 aromatic heterocycles. The van der Waals surface area contributed by atoms with Crippen molar-refractivity contribution in [3.63, 3.8) is 0 Å². The molecular weight excluding hydrogens is 360 g/mol. The molecule has 8 nitrogen and oxygen atoms in total. The smallest absolute Gasteiger partial charge is 0.325 e. The van der Waals surface area contributed by atoms with Crippen molar-refractivity contribution in [2.24, 2.45) is 0 Å². The molecule has 1 unspecified atom stereocenters. The molecule has 0 aliphatic carbocycles. The van der Waals surface area contributed by atoms with Gasteiger partial charge in [-0.2, -0.15) is 0 Å². The Morgan fingerprint density at radius 2 is 2.07 bits per heavy atom. The first-order valence-electron chi connectivity index (χ1n) is 8.88. The van der Waals surface area contributed by atoms with Crippen LogP contribution in [0.2, 0.25) is 0 Å². The summed E-state index contributed by atoms with van der Waals surface area (Å²) in [6, 6.07) is 10.8. The van der Waals surface area contributed by atoms with E-state index < -0.39 is 17.2 Å². The van der Waals surface area contributed by atoms with Crippen LogP contribution in [0.4, 0.5) is 0 Å². The third-order valence-electron chi connectivity index (χ3n) is 4.92. The first-order valence-corrected chi connectivity index (χ1v) is 8.88. The topological polar surface area (TPSA) is 119 Å². The van der Waals surface area contributed by atoms with Crippen molar-refractivity contribution < 1.29 is 9.90 Å². The van der Waals surface area contributed by atoms with Crippen molar-refractivity contribution in [2.45, 2.75) is 12.3 Å². The largest absolute Gasteiger partial charge is 0.508 e. The number of rotatable bonds is 3. The highest BCUT2D eigenvalue weighted by molar-refractivity contribution is 5.93. The minimum atomic E-state index is -0.688. The summed E-state index contributed by atoms with van der Waals surface area (Å²) in [6.07, 6.45) is 3.63. The highest BCUT2D eigenvalue weighted by Crippen LogP contribution is 2.30. The van der Waals surface area contributed by atoms with Crippen molar-refractivity contribution in [1.29, 1.82) is 0 Å². The van der Waals surface area contributed by atoms with Crippen molar-refractivity contribution in [2.75, 3.05) is 13.1 Å². The Bertz CT molecular complexity index is 1150. The molecule has 3 heterocycles. The van der Waals surface area contributed by atoms with E-state index >= 15 is 0 Å². The van der Waals surface area contributed by atoms with Crippen LogP contribution < -0.4 is 11.2 Å². The number of H-pyrrole nitrogens is 2. The highest BCUT2D eigenvalue weighted by atomic mass is 16.3. The number of aromatic amines is 2. The Morgan fingerprint density at radius 3 is 2.86 bits per heavy atom. The van der Waals surface area contributed by atoms with E-state index in [1.807, 2.05) is 18.2 Å². The number of hydrogen-bond donors (Lipinski definition) is 3. The molecule has 3 N–H and O–H groups in total. The third-order valence-corrected chi connectivity index (χ3v) is 4.92. The van der Waals surface area contributed by atoms with Crippen molar-refractivity contribution >= 4 is 5.91 Å². The lowest BCUT2D eigenvalue weighted by atomic mass is 9.97. The van der Waals surface area contributed by atoms with E-state index in [4.69, 9.17) is 0 Å². The van der Waals surface area contributed by atoms with E-state index in [-0.39, 0.29) is 17.2 Å². The SMILES string of the molecule is O=C(c1c[nH]c(=O)[nH]c1=O)N1CCC(c2ccnc(-c3cccc(O)c3)c2)C1. The van der Waals surface area contributed by atoms with Crippen LogP contribution in [0.1, 0.15) is 28.3 Å². The minimum absolute atomic E-state index is 0.0737. The molecule has 0 saturated carbocycles. The van der Waals surface area contributed by atoms with Crippen LogP contribution in [0.3, 0.4) is 0 Å². The van der Waals surface area contributed by atoms with Gasteiger partial charge in [-0.05, 0) is 36.2 Å². The number of pyridine rings is 1. The fraction of sp³-hybridized carbons (Fsp3) is 0.200. The van der Waals surface area contributed by atoms with Crippen molar-refractivity contribution in [3.8, 4) is 17.0 Å². The summed E-state index contributed by atoms with van der Waals surface area (Å²) in [6.45, 7) is 0.993. The third kappa shape index (κ3) is 3.44. The molecule has 28 heavy (non-hydrogen) atoms. The molecule has 3 aromatic rings. The number of carbonyl (C=O) groups excluding carboxylic acids is 1. The average molecular weight is 378 g/mol. The number of hydrogen-bond acceptors (Lipinski definition) is 5. The summed E-state index contributed by atoms with van der Waals surface area (Å²) in [4.78, 5) is 46.0. The number of aromatic hydroxyl groups is 1. The van der Waals surface area contributed by atoms with Gasteiger partial charge in [0.2, 0.25) is 0 Å². The zero-order valence-corrected chi connectivity index (χ0v) is 14.9. The van der Waals surface area contributed by atoms with Crippen LogP contribution in [-0.2, 0) is 0 Å². The predicted molar refractivity (Wildman–Crippen MR) is 102 cm³/mol. The zero-order chi connectivity index (χ0) is 19.7. The monoisotopic (exact) mass is 378 g/mol. The summed E-state index contributed by atoms with van der Waals surface area (Å²) in [5, 5.41) is 9.68. The number of phenols is 1. The van der Waals surface area contributed by atoms with Gasteiger partial charge in [0.05, 0.1) is 5.69 Å². The minimum Gasteiger partial charge on any atom is -0.508 e. The van der Waals surface area contributed by atoms with Crippen LogP contribution >= 0.6 is 0 Å². The number of nitrogens with zero attached hydrogens (tertiary/aromatic N) is 2. The van der Waals surface area contributed by atoms with Crippen LogP contribution in [-0.4, -0.2) is 44.0 Å². The zero-order valence-electron chi connectivity index (χ0n) is 14.9. The van der Waals surface area contributed by atoms with Crippen LogP contribution in [0.5, 0.6) is 5.75 Å². The van der Waals surface area contributed by atoms with E-state index in [2.05, 4.69) is 15.0 Å². The van der Waals surface area contributed by atoms with Gasteiger partial charge in [0, 0.05) is 37.0 Å². The van der Waals surface area contributed by atoms with Gasteiger partial charge in [-0.3, -0.25) is 19.6 Å². The number of likely N-dealkylation sites (tertiary alicyclic amines) is 1. The molecule has 4 rings (SSSR count). The molecule has 0 radical (unpaired) electrons. The summed E-state index contributed by atoms with van der Waals surface area (Å²) >= 11 is 0. The van der Waals surface area contributed by atoms with Gasteiger partial charge in [0.25, 0.3) is 11.5 Å². The molecule has 1 atom stereocenters. The van der Waals surface area contributed by atoms with Gasteiger partial charge in [0.1, 0.15) is 11.3 Å². The van der Waals surface area contributed by atoms with Crippen molar-refractivity contribution in [1.82, 2.24) is 19.9 Å². The molecule has 8 heteroatoms. The molecular formula is C20H18N4O4. The molecule has 0 spiro atoms. The van der Waals surface area contributed by atoms with Gasteiger partial charge in [-0.25, -0.2) is 4.79 Å². The highest BCUT2D eigenvalue weighted by Gasteiger charge is 2.29. The fourth-order valence-corrected chi connectivity index (χ4v) is 3.48. The van der Waals surface area contributed by atoms with Crippen LogP contribution in [0, 0.1) is 0 Å². The number of amides is 1. The van der Waals surface area contributed by atoms with Gasteiger partial charge in [0.15, 0.2) is 0 Å². The predicted octanol–water partition coefficient (Wildman–Crippen LogP) is 1.46. The van der Waals surface area contributed by atoms with Gasteiger partial charge >= 0.3 is 5.69 Å². The summed E-state index contributed by atoms with van der Waals surface area (Å²) in [7, 11) is 0. The second kappa shape index (κ2) is 7.15. The van der Waals surface area contributed by atoms with E-state index in [1.54, 1.807) is 29.3 Å². The Labute approximate surface area is 159 Å². The maximum absolute atomic E-state index is 12.6. The second-order valence-corrected chi connectivity index (χ2v) is 6.75. The lowest BCUT2D eigenvalue weighted by Gasteiger charge is -2.16. The van der Waals surface area contributed by atoms with Gasteiger partial charge in [-0.1, -0.05) is 12.1 Å². The number of aromatic nitrogens is 3. The molecule has 1 aromatic carbocycles. The molecule has 1 fully saturated rings. The van der Waals surface area contributed by atoms with E-state index in [9.17, 15) is 19.5 Å². The Balaban J connectivity index is 1.54. The molecule has 0 bridgehead atoms. The molecule has 1 aliphatic rings. The first-order chi connectivity index (χ1) is 13.5. The average Bonchev–Trinajstić information content (AvgIpc) is 3.18. The summed E-state index contributed by atoms with van der Waals surface area (Å²) in [5.41, 5.74) is 1.20. The van der Waals surface area contributed by atoms with Crippen LogP contribution in [0.15, 0.2) is 58.4 Å². The Morgan fingerprint density at radius 1 is 1.21 bits per heavy atom. The fourth-order valence-electron chi connectivity index (χ4n) is 3.48. The number of phenolic OH excluding ortho intramolecular Hbond substituents is 1. The van der Waals surface area contributed by atoms with E-state index in [0.717, 1.165) is 29.4 Å². The maximum Gasteiger partial charge on any atom is 0.325 e. The number of nitrogens with one attached hydrogen (secondary N) is 2. The Kier molecular flexibility index (Phi) is 4.52. The first kappa shape index (κ1) is 17.7. The second-order valence-electron chi connectivity index (χ2n) is 6.75. The quantitative estimate of drug-likeness (QED) is 0.637. The Hall–Kier alpha value is -3.68. The van der Waals surface area contributed by atoms with Crippen molar-refractivity contribution in [3.05, 3.63) is 80.8 Å². The molecule has 1 saturated heterocycles. The van der Waals surface area contributed by atoms with Gasteiger partial charge in [-0.15, -0.1) is 0 Å². The van der Waals surface area contributed by atoms with E-state index in [0.29, 0.717) is 13.1 Å². The molecule has 142 valence electrons.